The van der Waals surface area contributed by atoms with Crippen LogP contribution in [0.5, 0.6) is 0 Å². The second-order valence-corrected chi connectivity index (χ2v) is 4.82. The molecule has 1 heterocycles. The topological polar surface area (TPSA) is 0 Å². The van der Waals surface area contributed by atoms with Gasteiger partial charge in [0, 0.05) is 13.8 Å². The van der Waals surface area contributed by atoms with Crippen LogP contribution < -0.4 is 0 Å². The summed E-state index contributed by atoms with van der Waals surface area (Å²) in [5.74, 6) is 0. The second-order valence-electron chi connectivity index (χ2n) is 2.69. The number of halogens is 1. The van der Waals surface area contributed by atoms with Crippen LogP contribution in [0.4, 0.5) is 0 Å². The van der Waals surface area contributed by atoms with Gasteiger partial charge >= 0.3 is 0 Å². The fourth-order valence-corrected chi connectivity index (χ4v) is 3.62. The smallest absolute Gasteiger partial charge is 0.0272 e. The van der Waals surface area contributed by atoms with Gasteiger partial charge in [0.2, 0.25) is 0 Å². The molecule has 0 nitrogen and oxygen atoms in total. The first kappa shape index (κ1) is 7.10. The Morgan fingerprint density at radius 1 is 1.30 bits per heavy atom. The predicted octanol–water partition coefficient (Wildman–Crippen LogP) is 3.23. The molecule has 0 radical (unpaired) electrons. The van der Waals surface area contributed by atoms with E-state index in [1.165, 1.54) is 29.3 Å². The third-order valence-corrected chi connectivity index (χ3v) is 4.48. The van der Waals surface area contributed by atoms with Crippen molar-refractivity contribution in [3.05, 3.63) is 19.4 Å². The molecule has 2 rings (SSSR count). The first-order valence-electron chi connectivity index (χ1n) is 3.62. The molecule has 0 saturated carbocycles. The van der Waals surface area contributed by atoms with Crippen molar-refractivity contribution in [1.82, 2.24) is 0 Å². The van der Waals surface area contributed by atoms with Gasteiger partial charge in [0.15, 0.2) is 0 Å². The van der Waals surface area contributed by atoms with Gasteiger partial charge in [-0.1, -0.05) is 0 Å². The molecule has 10 heavy (non-hydrogen) atoms. The molecular weight excluding hydrogens is 255 g/mol. The normalized spacial score (nSPS) is 16.9. The first-order chi connectivity index (χ1) is 4.88. The first-order valence-corrected chi connectivity index (χ1v) is 5.58. The summed E-state index contributed by atoms with van der Waals surface area (Å²) in [4.78, 5) is 1.65. The predicted molar refractivity (Wildman–Crippen MR) is 53.7 cm³/mol. The van der Waals surface area contributed by atoms with Gasteiger partial charge in [-0.05, 0) is 53.8 Å². The Hall–Kier alpha value is 0.430. The standard InChI is InChI=1S/C8H9IS/c9-7-5-10-8-4-2-1-3-6(7)8/h5H,1-4H2. The molecule has 0 amide bonds. The van der Waals surface area contributed by atoms with E-state index in [2.05, 4.69) is 28.0 Å². The summed E-state index contributed by atoms with van der Waals surface area (Å²) in [6.45, 7) is 0. The molecular formula is C8H9IS. The Morgan fingerprint density at radius 2 is 2.10 bits per heavy atom. The summed E-state index contributed by atoms with van der Waals surface area (Å²) in [5.41, 5.74) is 1.65. The summed E-state index contributed by atoms with van der Waals surface area (Å²) >= 11 is 4.39. The van der Waals surface area contributed by atoms with Crippen molar-refractivity contribution in [3.8, 4) is 0 Å². The Morgan fingerprint density at radius 3 is 2.90 bits per heavy atom. The molecule has 0 fully saturated rings. The number of thiophene rings is 1. The molecule has 0 atom stereocenters. The van der Waals surface area contributed by atoms with Crippen LogP contribution in [0.1, 0.15) is 23.3 Å². The lowest BCUT2D eigenvalue weighted by atomic mass is 10.00. The highest BCUT2D eigenvalue weighted by Crippen LogP contribution is 2.30. The minimum absolute atomic E-state index is 1.33. The molecule has 0 aromatic carbocycles. The van der Waals surface area contributed by atoms with Gasteiger partial charge in [0.05, 0.1) is 0 Å². The van der Waals surface area contributed by atoms with Crippen molar-refractivity contribution >= 4 is 33.9 Å². The maximum Gasteiger partial charge on any atom is 0.0272 e. The minimum Gasteiger partial charge on any atom is -0.147 e. The van der Waals surface area contributed by atoms with Crippen LogP contribution >= 0.6 is 33.9 Å². The monoisotopic (exact) mass is 264 g/mol. The van der Waals surface area contributed by atoms with Crippen LogP contribution in [0.3, 0.4) is 0 Å². The van der Waals surface area contributed by atoms with E-state index < -0.39 is 0 Å². The minimum atomic E-state index is 1.33. The maximum atomic E-state index is 2.45. The number of rotatable bonds is 0. The summed E-state index contributed by atoms with van der Waals surface area (Å²) < 4.78 is 1.50. The maximum absolute atomic E-state index is 2.45. The molecule has 1 aliphatic rings. The number of aryl methyl sites for hydroxylation is 1. The van der Waals surface area contributed by atoms with E-state index in [0.29, 0.717) is 0 Å². The molecule has 54 valence electrons. The molecule has 0 bridgehead atoms. The van der Waals surface area contributed by atoms with Gasteiger partial charge in [-0.25, -0.2) is 0 Å². The fourth-order valence-electron chi connectivity index (χ4n) is 1.45. The summed E-state index contributed by atoms with van der Waals surface area (Å²) in [6, 6.07) is 0. The van der Waals surface area contributed by atoms with Crippen molar-refractivity contribution < 1.29 is 0 Å². The van der Waals surface area contributed by atoms with Crippen LogP contribution in [0, 0.1) is 3.57 Å². The quantitative estimate of drug-likeness (QED) is 0.631. The van der Waals surface area contributed by atoms with Crippen molar-refractivity contribution in [3.63, 3.8) is 0 Å². The zero-order valence-corrected chi connectivity index (χ0v) is 8.67. The van der Waals surface area contributed by atoms with E-state index in [0.717, 1.165) is 0 Å². The zero-order valence-electron chi connectivity index (χ0n) is 5.69. The van der Waals surface area contributed by atoms with Crippen LogP contribution in [-0.4, -0.2) is 0 Å². The molecule has 0 saturated heterocycles. The zero-order chi connectivity index (χ0) is 6.97. The van der Waals surface area contributed by atoms with Gasteiger partial charge in [-0.15, -0.1) is 11.3 Å². The van der Waals surface area contributed by atoms with E-state index in [1.54, 1.807) is 10.4 Å². The molecule has 1 aromatic heterocycles. The number of hydrogen-bond acceptors (Lipinski definition) is 1. The Kier molecular flexibility index (Phi) is 2.00. The summed E-state index contributed by atoms with van der Waals surface area (Å²) in [6.07, 6.45) is 5.48. The van der Waals surface area contributed by atoms with E-state index >= 15 is 0 Å². The van der Waals surface area contributed by atoms with Crippen LogP contribution in [0.2, 0.25) is 0 Å². The fraction of sp³-hybridized carbons (Fsp3) is 0.500. The second kappa shape index (κ2) is 2.81. The molecule has 0 spiro atoms. The molecule has 2 heteroatoms. The summed E-state index contributed by atoms with van der Waals surface area (Å²) in [5, 5.41) is 2.29. The van der Waals surface area contributed by atoms with E-state index in [4.69, 9.17) is 0 Å². The van der Waals surface area contributed by atoms with Crippen LogP contribution in [0.15, 0.2) is 5.38 Å². The van der Waals surface area contributed by atoms with Gasteiger partial charge in [-0.2, -0.15) is 0 Å². The van der Waals surface area contributed by atoms with E-state index in [9.17, 15) is 0 Å². The molecule has 1 aliphatic carbocycles. The average Bonchev–Trinajstić information content (AvgIpc) is 2.34. The van der Waals surface area contributed by atoms with Gasteiger partial charge in [0.25, 0.3) is 0 Å². The highest BCUT2D eigenvalue weighted by molar-refractivity contribution is 14.1. The van der Waals surface area contributed by atoms with Gasteiger partial charge in [0.1, 0.15) is 0 Å². The lowest BCUT2D eigenvalue weighted by Crippen LogP contribution is -1.98. The van der Waals surface area contributed by atoms with Crippen molar-refractivity contribution in [1.29, 1.82) is 0 Å². The van der Waals surface area contributed by atoms with Crippen LogP contribution in [0.25, 0.3) is 0 Å². The van der Waals surface area contributed by atoms with Crippen molar-refractivity contribution in [2.75, 3.05) is 0 Å². The van der Waals surface area contributed by atoms with Crippen molar-refractivity contribution in [2.24, 2.45) is 0 Å². The SMILES string of the molecule is Ic1csc2c1CCCC2. The largest absolute Gasteiger partial charge is 0.147 e. The average molecular weight is 264 g/mol. The Labute approximate surface area is 78.8 Å². The molecule has 1 aromatic rings. The lowest BCUT2D eigenvalue weighted by Gasteiger charge is -2.09. The van der Waals surface area contributed by atoms with Crippen LogP contribution in [-0.2, 0) is 12.8 Å². The molecule has 0 N–H and O–H groups in total. The Bertz CT molecular complexity index is 239. The Balaban J connectivity index is 2.45. The van der Waals surface area contributed by atoms with Crippen molar-refractivity contribution in [2.45, 2.75) is 25.7 Å². The lowest BCUT2D eigenvalue weighted by molar-refractivity contribution is 0.695. The summed E-state index contributed by atoms with van der Waals surface area (Å²) in [7, 11) is 0. The van der Waals surface area contributed by atoms with Gasteiger partial charge < -0.3 is 0 Å². The highest BCUT2D eigenvalue weighted by Gasteiger charge is 2.12. The van der Waals surface area contributed by atoms with E-state index in [-0.39, 0.29) is 0 Å². The highest BCUT2D eigenvalue weighted by atomic mass is 127. The number of hydrogen-bond donors (Lipinski definition) is 0. The third kappa shape index (κ3) is 1.11. The third-order valence-electron chi connectivity index (χ3n) is 2.01. The molecule has 0 unspecified atom stereocenters. The van der Waals surface area contributed by atoms with Gasteiger partial charge in [-0.3, -0.25) is 0 Å². The number of fused-ring (bicyclic) bond motifs is 1. The van der Waals surface area contributed by atoms with E-state index in [1.807, 2.05) is 11.3 Å². The molecule has 0 aliphatic heterocycles.